The zero-order valence-corrected chi connectivity index (χ0v) is 10.2. The summed E-state index contributed by atoms with van der Waals surface area (Å²) in [5.74, 6) is -3.24. The van der Waals surface area contributed by atoms with Crippen LogP contribution in [0.1, 0.15) is 25.3 Å². The van der Waals surface area contributed by atoms with Crippen molar-refractivity contribution >= 4 is 11.7 Å². The Balaban J connectivity index is 2.38. The highest BCUT2D eigenvalue weighted by atomic mass is 19.1. The first-order chi connectivity index (χ1) is 8.88. The lowest BCUT2D eigenvalue weighted by Crippen LogP contribution is -2.46. The van der Waals surface area contributed by atoms with Gasteiger partial charge in [-0.15, -0.1) is 0 Å². The second kappa shape index (κ2) is 4.50. The van der Waals surface area contributed by atoms with Crippen LogP contribution in [0.25, 0.3) is 0 Å². The van der Waals surface area contributed by atoms with Gasteiger partial charge in [0.1, 0.15) is 11.2 Å². The van der Waals surface area contributed by atoms with Crippen LogP contribution in [0.3, 0.4) is 0 Å². The molecule has 2 N–H and O–H groups in total. The Kier molecular flexibility index (Phi) is 3.14. The number of carboxylic acids is 1. The van der Waals surface area contributed by atoms with Crippen LogP contribution in [0, 0.1) is 28.9 Å². The molecule has 0 heterocycles. The molecule has 0 aromatic heterocycles. The molecule has 6 heteroatoms. The van der Waals surface area contributed by atoms with E-state index in [1.54, 1.807) is 6.07 Å². The average Bonchev–Trinajstić information content (AvgIpc) is 3.17. The number of rotatable bonds is 4. The van der Waals surface area contributed by atoms with Crippen molar-refractivity contribution in [2.24, 2.45) is 5.92 Å². The molecule has 0 amide bonds. The van der Waals surface area contributed by atoms with Crippen LogP contribution in [0.15, 0.2) is 12.1 Å². The van der Waals surface area contributed by atoms with Crippen LogP contribution in [-0.4, -0.2) is 16.6 Å². The number of carboxylic acid groups (broad SMARTS) is 1. The van der Waals surface area contributed by atoms with Crippen LogP contribution in [0.4, 0.5) is 14.5 Å². The minimum atomic E-state index is -1.41. The summed E-state index contributed by atoms with van der Waals surface area (Å²) in [7, 11) is 0. The minimum Gasteiger partial charge on any atom is -0.480 e. The normalized spacial score (nSPS) is 17.4. The molecule has 1 aromatic rings. The van der Waals surface area contributed by atoms with Gasteiger partial charge in [0.2, 0.25) is 0 Å². The molecule has 100 valence electrons. The molecule has 0 saturated heterocycles. The first-order valence-corrected chi connectivity index (χ1v) is 5.79. The van der Waals surface area contributed by atoms with Gasteiger partial charge in [0.05, 0.1) is 11.6 Å². The minimum absolute atomic E-state index is 0.149. The van der Waals surface area contributed by atoms with Gasteiger partial charge in [-0.1, -0.05) is 0 Å². The van der Waals surface area contributed by atoms with E-state index in [1.807, 2.05) is 0 Å². The van der Waals surface area contributed by atoms with E-state index in [9.17, 15) is 18.7 Å². The van der Waals surface area contributed by atoms with Gasteiger partial charge in [-0.2, -0.15) is 5.26 Å². The third-order valence-electron chi connectivity index (χ3n) is 3.39. The molecule has 1 atom stereocenters. The molecular formula is C13H12F2N2O2. The van der Waals surface area contributed by atoms with Gasteiger partial charge in [-0.3, -0.25) is 0 Å². The maximum absolute atomic E-state index is 13.7. The predicted octanol–water partition coefficient (Wildman–Crippen LogP) is 2.50. The van der Waals surface area contributed by atoms with Crippen molar-refractivity contribution in [2.75, 3.05) is 5.32 Å². The lowest BCUT2D eigenvalue weighted by Gasteiger charge is -2.27. The van der Waals surface area contributed by atoms with Crippen LogP contribution in [0.2, 0.25) is 0 Å². The van der Waals surface area contributed by atoms with Crippen molar-refractivity contribution in [1.29, 1.82) is 5.26 Å². The summed E-state index contributed by atoms with van der Waals surface area (Å²) in [6.07, 6.45) is 1.41. The quantitative estimate of drug-likeness (QED) is 0.878. The van der Waals surface area contributed by atoms with Crippen molar-refractivity contribution in [3.8, 4) is 6.07 Å². The van der Waals surface area contributed by atoms with Gasteiger partial charge in [0.25, 0.3) is 0 Å². The second-order valence-electron chi connectivity index (χ2n) is 4.83. The fraction of sp³-hybridized carbons (Fsp3) is 0.385. The van der Waals surface area contributed by atoms with E-state index >= 15 is 0 Å². The molecule has 4 nitrogen and oxygen atoms in total. The number of benzene rings is 1. The summed E-state index contributed by atoms with van der Waals surface area (Å²) < 4.78 is 27.5. The smallest absolute Gasteiger partial charge is 0.329 e. The Morgan fingerprint density at radius 1 is 1.47 bits per heavy atom. The maximum atomic E-state index is 13.7. The van der Waals surface area contributed by atoms with Crippen molar-refractivity contribution < 1.29 is 18.7 Å². The first kappa shape index (κ1) is 13.3. The first-order valence-electron chi connectivity index (χ1n) is 5.79. The summed E-state index contributed by atoms with van der Waals surface area (Å²) in [6.45, 7) is 1.41. The van der Waals surface area contributed by atoms with Gasteiger partial charge in [0.15, 0.2) is 11.6 Å². The monoisotopic (exact) mass is 266 g/mol. The summed E-state index contributed by atoms with van der Waals surface area (Å²) in [4.78, 5) is 11.3. The van der Waals surface area contributed by atoms with Gasteiger partial charge < -0.3 is 10.4 Å². The van der Waals surface area contributed by atoms with E-state index < -0.39 is 28.8 Å². The van der Waals surface area contributed by atoms with Gasteiger partial charge in [0, 0.05) is 0 Å². The SMILES string of the molecule is CC(Nc1c(F)cc(C#N)cc1F)(C(=O)O)C1CC1. The number of anilines is 1. The number of nitrogens with zero attached hydrogens (tertiary/aromatic N) is 1. The second-order valence-corrected chi connectivity index (χ2v) is 4.83. The zero-order chi connectivity index (χ0) is 14.2. The Labute approximate surface area is 108 Å². The largest absolute Gasteiger partial charge is 0.480 e. The Morgan fingerprint density at radius 3 is 2.37 bits per heavy atom. The molecule has 2 rings (SSSR count). The molecule has 0 radical (unpaired) electrons. The lowest BCUT2D eigenvalue weighted by molar-refractivity contribution is -0.142. The van der Waals surface area contributed by atoms with Gasteiger partial charge in [-0.05, 0) is 37.8 Å². The number of carbonyl (C=O) groups is 1. The Hall–Kier alpha value is -2.16. The molecular weight excluding hydrogens is 254 g/mol. The number of aliphatic carboxylic acids is 1. The molecule has 1 aliphatic carbocycles. The summed E-state index contributed by atoms with van der Waals surface area (Å²) in [5, 5.41) is 20.3. The van der Waals surface area contributed by atoms with Crippen molar-refractivity contribution in [3.63, 3.8) is 0 Å². The summed E-state index contributed by atoms with van der Waals surface area (Å²) >= 11 is 0. The molecule has 1 fully saturated rings. The number of nitriles is 1. The molecule has 0 spiro atoms. The number of hydrogen-bond acceptors (Lipinski definition) is 3. The van der Waals surface area contributed by atoms with Crippen LogP contribution in [0.5, 0.6) is 0 Å². The van der Waals surface area contributed by atoms with Crippen LogP contribution < -0.4 is 5.32 Å². The van der Waals surface area contributed by atoms with Gasteiger partial charge >= 0.3 is 5.97 Å². The molecule has 1 aromatic carbocycles. The van der Waals surface area contributed by atoms with Crippen molar-refractivity contribution in [2.45, 2.75) is 25.3 Å². The van der Waals surface area contributed by atoms with E-state index in [2.05, 4.69) is 5.32 Å². The van der Waals surface area contributed by atoms with E-state index in [0.29, 0.717) is 12.8 Å². The van der Waals surface area contributed by atoms with Crippen LogP contribution in [-0.2, 0) is 4.79 Å². The topological polar surface area (TPSA) is 73.1 Å². The van der Waals surface area contributed by atoms with Crippen molar-refractivity contribution in [3.05, 3.63) is 29.3 Å². The lowest BCUT2D eigenvalue weighted by atomic mass is 9.95. The fourth-order valence-corrected chi connectivity index (χ4v) is 2.01. The predicted molar refractivity (Wildman–Crippen MR) is 63.5 cm³/mol. The highest BCUT2D eigenvalue weighted by Crippen LogP contribution is 2.42. The molecule has 1 saturated carbocycles. The maximum Gasteiger partial charge on any atom is 0.329 e. The molecule has 19 heavy (non-hydrogen) atoms. The third kappa shape index (κ3) is 2.36. The summed E-state index contributed by atoms with van der Waals surface area (Å²) in [5.41, 5.74) is -2.06. The van der Waals surface area contributed by atoms with Gasteiger partial charge in [-0.25, -0.2) is 13.6 Å². The van der Waals surface area contributed by atoms with E-state index in [1.165, 1.54) is 6.92 Å². The molecule has 1 aliphatic rings. The van der Waals surface area contributed by atoms with Crippen molar-refractivity contribution in [1.82, 2.24) is 0 Å². The molecule has 0 aliphatic heterocycles. The summed E-state index contributed by atoms with van der Waals surface area (Å²) in [6, 6.07) is 3.38. The standard InChI is InChI=1S/C13H12F2N2O2/c1-13(12(18)19,8-2-3-8)17-11-9(14)4-7(6-16)5-10(11)15/h4-5,8,17H,2-3H2,1H3,(H,18,19). The number of nitrogens with one attached hydrogen (secondary N) is 1. The average molecular weight is 266 g/mol. The fourth-order valence-electron chi connectivity index (χ4n) is 2.01. The zero-order valence-electron chi connectivity index (χ0n) is 10.2. The Bertz CT molecular complexity index is 555. The highest BCUT2D eigenvalue weighted by Gasteiger charge is 2.48. The molecule has 1 unspecified atom stereocenters. The highest BCUT2D eigenvalue weighted by molar-refractivity contribution is 5.83. The van der Waals surface area contributed by atoms with E-state index in [-0.39, 0.29) is 11.5 Å². The number of halogens is 2. The van der Waals surface area contributed by atoms with E-state index in [0.717, 1.165) is 12.1 Å². The van der Waals surface area contributed by atoms with Crippen LogP contribution >= 0.6 is 0 Å². The Morgan fingerprint density at radius 2 is 2.00 bits per heavy atom. The number of hydrogen-bond donors (Lipinski definition) is 2. The third-order valence-corrected chi connectivity index (χ3v) is 3.39. The molecule has 0 bridgehead atoms. The van der Waals surface area contributed by atoms with E-state index in [4.69, 9.17) is 5.26 Å².